The number of nitrogens with zero attached hydrogens (tertiary/aromatic N) is 2. The SMILES string of the molecule is Cc1cccc(Nc2c(C3CC(c4ccc(F)cc4)CCN3C=O)cnc(Cl)c2C)c1F. The molecule has 0 radical (unpaired) electrons. The summed E-state index contributed by atoms with van der Waals surface area (Å²) in [6, 6.07) is 11.4. The molecule has 1 aromatic heterocycles. The quantitative estimate of drug-likeness (QED) is 0.355. The van der Waals surface area contributed by atoms with Crippen molar-refractivity contribution < 1.29 is 13.6 Å². The standard InChI is InChI=1S/C25H24ClF2N3O/c1-15-4-3-5-21(23(15)28)30-24-16(2)25(26)29-13-20(24)22-12-18(10-11-31(22)14-32)17-6-8-19(27)9-7-17/h3-9,13-14,18,22H,10-12H2,1-2H3,(H,29,30). The van der Waals surface area contributed by atoms with Gasteiger partial charge in [-0.2, -0.15) is 0 Å². The van der Waals surface area contributed by atoms with Gasteiger partial charge in [0, 0.05) is 23.9 Å². The highest BCUT2D eigenvalue weighted by molar-refractivity contribution is 6.30. The molecule has 1 amide bonds. The Bertz CT molecular complexity index is 1140. The lowest BCUT2D eigenvalue weighted by Gasteiger charge is -2.38. The largest absolute Gasteiger partial charge is 0.352 e. The van der Waals surface area contributed by atoms with Crippen LogP contribution in [0, 0.1) is 25.5 Å². The summed E-state index contributed by atoms with van der Waals surface area (Å²) in [6.07, 6.45) is 3.90. The van der Waals surface area contributed by atoms with E-state index in [0.29, 0.717) is 40.6 Å². The Balaban J connectivity index is 1.74. The van der Waals surface area contributed by atoms with Crippen LogP contribution >= 0.6 is 11.6 Å². The van der Waals surface area contributed by atoms with Gasteiger partial charge in [0.25, 0.3) is 0 Å². The summed E-state index contributed by atoms with van der Waals surface area (Å²) in [5.74, 6) is -0.470. The minimum Gasteiger partial charge on any atom is -0.352 e. The van der Waals surface area contributed by atoms with Crippen LogP contribution in [0.15, 0.2) is 48.7 Å². The van der Waals surface area contributed by atoms with Gasteiger partial charge in [0.15, 0.2) is 0 Å². The molecule has 7 heteroatoms. The molecule has 0 spiro atoms. The van der Waals surface area contributed by atoms with Crippen LogP contribution in [0.3, 0.4) is 0 Å². The molecule has 32 heavy (non-hydrogen) atoms. The predicted molar refractivity (Wildman–Crippen MR) is 122 cm³/mol. The number of carbonyl (C=O) groups is 1. The van der Waals surface area contributed by atoms with Gasteiger partial charge in [-0.1, -0.05) is 35.9 Å². The number of likely N-dealkylation sites (tertiary alicyclic amines) is 1. The van der Waals surface area contributed by atoms with Crippen molar-refractivity contribution in [2.24, 2.45) is 0 Å². The highest BCUT2D eigenvalue weighted by atomic mass is 35.5. The van der Waals surface area contributed by atoms with E-state index in [1.165, 1.54) is 12.1 Å². The fourth-order valence-electron chi connectivity index (χ4n) is 4.36. The number of halogens is 3. The molecule has 2 heterocycles. The van der Waals surface area contributed by atoms with Crippen LogP contribution in [0.25, 0.3) is 0 Å². The van der Waals surface area contributed by atoms with E-state index in [2.05, 4.69) is 10.3 Å². The molecule has 4 nitrogen and oxygen atoms in total. The molecule has 0 aliphatic carbocycles. The number of carbonyl (C=O) groups excluding carboxylic acids is 1. The first-order chi connectivity index (χ1) is 15.4. The number of aromatic nitrogens is 1. The van der Waals surface area contributed by atoms with Gasteiger partial charge in [-0.05, 0) is 61.9 Å². The van der Waals surface area contributed by atoms with E-state index in [-0.39, 0.29) is 23.6 Å². The molecule has 0 bridgehead atoms. The van der Waals surface area contributed by atoms with Crippen LogP contribution in [0.1, 0.15) is 47.1 Å². The Morgan fingerprint density at radius 1 is 1.16 bits per heavy atom. The summed E-state index contributed by atoms with van der Waals surface area (Å²) in [4.78, 5) is 18.0. The molecule has 166 valence electrons. The molecular formula is C25H24ClF2N3O. The van der Waals surface area contributed by atoms with Crippen molar-refractivity contribution in [2.75, 3.05) is 11.9 Å². The third-order valence-electron chi connectivity index (χ3n) is 6.22. The lowest BCUT2D eigenvalue weighted by Crippen LogP contribution is -2.35. The van der Waals surface area contributed by atoms with Crippen molar-refractivity contribution in [2.45, 2.75) is 38.6 Å². The number of rotatable bonds is 5. The molecule has 2 aromatic carbocycles. The van der Waals surface area contributed by atoms with Gasteiger partial charge in [-0.15, -0.1) is 0 Å². The van der Waals surface area contributed by atoms with Gasteiger partial charge in [0.1, 0.15) is 16.8 Å². The van der Waals surface area contributed by atoms with E-state index >= 15 is 0 Å². The molecule has 1 aliphatic rings. The van der Waals surface area contributed by atoms with Crippen LogP contribution in [0.2, 0.25) is 5.15 Å². The topological polar surface area (TPSA) is 45.2 Å². The van der Waals surface area contributed by atoms with Crippen LogP contribution in [-0.2, 0) is 4.79 Å². The number of hydrogen-bond acceptors (Lipinski definition) is 3. The van der Waals surface area contributed by atoms with Crippen molar-refractivity contribution >= 4 is 29.4 Å². The Kier molecular flexibility index (Phi) is 6.42. The molecule has 1 N–H and O–H groups in total. The number of aryl methyl sites for hydroxylation is 1. The fourth-order valence-corrected chi connectivity index (χ4v) is 4.50. The van der Waals surface area contributed by atoms with Crippen molar-refractivity contribution in [1.82, 2.24) is 9.88 Å². The van der Waals surface area contributed by atoms with Crippen LogP contribution in [0.5, 0.6) is 0 Å². The first-order valence-corrected chi connectivity index (χ1v) is 10.9. The average Bonchev–Trinajstić information content (AvgIpc) is 2.80. The maximum atomic E-state index is 14.7. The maximum Gasteiger partial charge on any atom is 0.210 e. The molecule has 3 aromatic rings. The van der Waals surface area contributed by atoms with Crippen LogP contribution in [0.4, 0.5) is 20.2 Å². The number of anilines is 2. The lowest BCUT2D eigenvalue weighted by atomic mass is 9.82. The Hall–Kier alpha value is -2.99. The van der Waals surface area contributed by atoms with Crippen LogP contribution in [-0.4, -0.2) is 22.8 Å². The number of nitrogens with one attached hydrogen (secondary N) is 1. The third-order valence-corrected chi connectivity index (χ3v) is 6.60. The minimum atomic E-state index is -0.342. The second kappa shape index (κ2) is 9.25. The lowest BCUT2D eigenvalue weighted by molar-refractivity contribution is -0.121. The molecule has 0 saturated carbocycles. The highest BCUT2D eigenvalue weighted by Gasteiger charge is 2.32. The Morgan fingerprint density at radius 3 is 2.62 bits per heavy atom. The number of amides is 1. The summed E-state index contributed by atoms with van der Waals surface area (Å²) in [6.45, 7) is 4.08. The summed E-state index contributed by atoms with van der Waals surface area (Å²) in [5, 5.41) is 3.52. The Morgan fingerprint density at radius 2 is 1.91 bits per heavy atom. The predicted octanol–water partition coefficient (Wildman–Crippen LogP) is 6.45. The maximum absolute atomic E-state index is 14.7. The summed E-state index contributed by atoms with van der Waals surface area (Å²) < 4.78 is 28.1. The van der Waals surface area contributed by atoms with Crippen molar-refractivity contribution in [3.63, 3.8) is 0 Å². The number of benzene rings is 2. The molecular weight excluding hydrogens is 432 g/mol. The van der Waals surface area contributed by atoms with Crippen molar-refractivity contribution in [3.8, 4) is 0 Å². The van der Waals surface area contributed by atoms with E-state index in [4.69, 9.17) is 11.6 Å². The highest BCUT2D eigenvalue weighted by Crippen LogP contribution is 2.43. The average molecular weight is 456 g/mol. The third kappa shape index (κ3) is 4.32. The molecule has 1 aliphatic heterocycles. The van der Waals surface area contributed by atoms with E-state index in [1.807, 2.05) is 6.92 Å². The second-order valence-electron chi connectivity index (χ2n) is 8.20. The normalized spacial score (nSPS) is 18.5. The fraction of sp³-hybridized carbons (Fsp3) is 0.280. The monoisotopic (exact) mass is 455 g/mol. The first kappa shape index (κ1) is 22.2. The van der Waals surface area contributed by atoms with E-state index in [0.717, 1.165) is 24.0 Å². The molecule has 4 rings (SSSR count). The zero-order chi connectivity index (χ0) is 22.8. The summed E-state index contributed by atoms with van der Waals surface area (Å²) >= 11 is 6.31. The van der Waals surface area contributed by atoms with Gasteiger partial charge in [-0.3, -0.25) is 4.79 Å². The van der Waals surface area contributed by atoms with Crippen LogP contribution < -0.4 is 5.32 Å². The zero-order valence-electron chi connectivity index (χ0n) is 17.9. The number of hydrogen-bond donors (Lipinski definition) is 1. The van der Waals surface area contributed by atoms with Crippen molar-refractivity contribution in [3.05, 3.63) is 87.7 Å². The first-order valence-electron chi connectivity index (χ1n) is 10.5. The molecule has 2 unspecified atom stereocenters. The van der Waals surface area contributed by atoms with Gasteiger partial charge in [-0.25, -0.2) is 13.8 Å². The molecule has 2 atom stereocenters. The number of piperidine rings is 1. The minimum absolute atomic E-state index is 0.149. The van der Waals surface area contributed by atoms with Crippen molar-refractivity contribution in [1.29, 1.82) is 0 Å². The van der Waals surface area contributed by atoms with E-state index < -0.39 is 0 Å². The second-order valence-corrected chi connectivity index (χ2v) is 8.56. The zero-order valence-corrected chi connectivity index (χ0v) is 18.7. The molecule has 1 fully saturated rings. The smallest absolute Gasteiger partial charge is 0.210 e. The van der Waals surface area contributed by atoms with Gasteiger partial charge >= 0.3 is 0 Å². The van der Waals surface area contributed by atoms with Gasteiger partial charge in [0.05, 0.1) is 17.4 Å². The number of pyridine rings is 1. The van der Waals surface area contributed by atoms with Gasteiger partial charge < -0.3 is 10.2 Å². The van der Waals surface area contributed by atoms with E-state index in [1.54, 1.807) is 48.4 Å². The summed E-state index contributed by atoms with van der Waals surface area (Å²) in [7, 11) is 0. The molecule has 1 saturated heterocycles. The Labute approximate surface area is 191 Å². The van der Waals surface area contributed by atoms with Gasteiger partial charge in [0.2, 0.25) is 6.41 Å². The van der Waals surface area contributed by atoms with E-state index in [9.17, 15) is 13.6 Å². The summed E-state index contributed by atoms with van der Waals surface area (Å²) in [5.41, 5.74) is 3.98.